The van der Waals surface area contributed by atoms with Crippen molar-refractivity contribution in [2.75, 3.05) is 58.9 Å². The first-order valence-electron chi connectivity index (χ1n) is 11.6. The number of hydrogen-bond acceptors (Lipinski definition) is 7. The van der Waals surface area contributed by atoms with E-state index in [1.807, 2.05) is 0 Å². The fourth-order valence-corrected chi connectivity index (χ4v) is 4.39. The van der Waals surface area contributed by atoms with Crippen molar-refractivity contribution in [1.82, 2.24) is 9.80 Å². The summed E-state index contributed by atoms with van der Waals surface area (Å²) < 4.78 is 39.5. The van der Waals surface area contributed by atoms with Gasteiger partial charge in [-0.05, 0) is 42.0 Å². The molecule has 0 N–H and O–H groups in total. The maximum absolute atomic E-state index is 12.7. The first-order valence-corrected chi connectivity index (χ1v) is 13.5. The van der Waals surface area contributed by atoms with E-state index in [4.69, 9.17) is 13.7 Å². The van der Waals surface area contributed by atoms with Gasteiger partial charge in [0.05, 0.1) is 32.7 Å². The predicted molar refractivity (Wildman–Crippen MR) is 132 cm³/mol. The van der Waals surface area contributed by atoms with Crippen LogP contribution in [0, 0.1) is 11.8 Å². The fourth-order valence-electron chi connectivity index (χ4n) is 3.88. The molecule has 10 heteroatoms. The van der Waals surface area contributed by atoms with Gasteiger partial charge in [0, 0.05) is 42.9 Å². The van der Waals surface area contributed by atoms with Gasteiger partial charge in [-0.25, -0.2) is 4.18 Å². The minimum absolute atomic E-state index is 0.0668. The number of amides is 2. The number of ether oxygens (including phenoxy) is 2. The van der Waals surface area contributed by atoms with Gasteiger partial charge in [0.1, 0.15) is 0 Å². The van der Waals surface area contributed by atoms with Crippen molar-refractivity contribution in [2.45, 2.75) is 6.10 Å². The van der Waals surface area contributed by atoms with E-state index >= 15 is 0 Å². The summed E-state index contributed by atoms with van der Waals surface area (Å²) in [4.78, 5) is 28.8. The summed E-state index contributed by atoms with van der Waals surface area (Å²) in [6, 6.07) is 13.4. The molecule has 9 nitrogen and oxygen atoms in total. The molecule has 0 radical (unpaired) electrons. The average Bonchev–Trinajstić information content (AvgIpc) is 2.91. The number of nitrogens with zero attached hydrogens (tertiary/aromatic N) is 2. The van der Waals surface area contributed by atoms with Crippen LogP contribution in [0.5, 0.6) is 0 Å². The van der Waals surface area contributed by atoms with Crippen LogP contribution >= 0.6 is 0 Å². The molecule has 2 aromatic rings. The van der Waals surface area contributed by atoms with Crippen LogP contribution in [0.3, 0.4) is 0 Å². The quantitative estimate of drug-likeness (QED) is 0.444. The molecule has 1 atom stereocenters. The Morgan fingerprint density at radius 2 is 1.25 bits per heavy atom. The van der Waals surface area contributed by atoms with Gasteiger partial charge < -0.3 is 19.3 Å². The van der Waals surface area contributed by atoms with Crippen molar-refractivity contribution in [2.24, 2.45) is 0 Å². The summed E-state index contributed by atoms with van der Waals surface area (Å²) in [5.74, 6) is 5.61. The van der Waals surface area contributed by atoms with Crippen LogP contribution in [-0.4, -0.2) is 88.9 Å². The van der Waals surface area contributed by atoms with Gasteiger partial charge in [-0.3, -0.25) is 9.59 Å². The lowest BCUT2D eigenvalue weighted by Crippen LogP contribution is -2.40. The second-order valence-electron chi connectivity index (χ2n) is 8.46. The topological polar surface area (TPSA) is 102 Å². The van der Waals surface area contributed by atoms with E-state index in [-0.39, 0.29) is 11.8 Å². The molecule has 2 aromatic carbocycles. The number of benzene rings is 2. The Morgan fingerprint density at radius 1 is 0.806 bits per heavy atom. The van der Waals surface area contributed by atoms with Gasteiger partial charge in [-0.15, -0.1) is 0 Å². The molecule has 1 unspecified atom stereocenters. The van der Waals surface area contributed by atoms with E-state index in [0.29, 0.717) is 74.9 Å². The van der Waals surface area contributed by atoms with Crippen LogP contribution in [0.25, 0.3) is 0 Å². The largest absolute Gasteiger partial charge is 0.378 e. The standard InChI is InChI=1S/C26H28N2O7S/c1-36(31,32)35-24(21-7-9-23(10-8-21)26(30)28-14-18-34-19-15-28)11-4-20-2-5-22(6-3-20)25(29)27-12-16-33-17-13-27/h2-3,5-10,24H,12-19H2,1H3. The SMILES string of the molecule is CS(=O)(=O)OC(C#Cc1ccc(C(=O)N2CCOCC2)cc1)c1ccc(C(=O)N2CCOCC2)cc1. The van der Waals surface area contributed by atoms with Gasteiger partial charge >= 0.3 is 0 Å². The first-order chi connectivity index (χ1) is 17.3. The zero-order chi connectivity index (χ0) is 25.5. The molecule has 2 aliphatic rings. The van der Waals surface area contributed by atoms with Crippen LogP contribution < -0.4 is 0 Å². The maximum Gasteiger partial charge on any atom is 0.265 e. The molecule has 190 valence electrons. The zero-order valence-electron chi connectivity index (χ0n) is 20.0. The molecule has 2 aliphatic heterocycles. The molecule has 0 aliphatic carbocycles. The molecule has 0 spiro atoms. The van der Waals surface area contributed by atoms with Crippen molar-refractivity contribution in [3.63, 3.8) is 0 Å². The Morgan fingerprint density at radius 3 is 1.69 bits per heavy atom. The third kappa shape index (κ3) is 6.92. The molecule has 36 heavy (non-hydrogen) atoms. The second-order valence-corrected chi connectivity index (χ2v) is 10.1. The van der Waals surface area contributed by atoms with Crippen LogP contribution in [0.1, 0.15) is 37.9 Å². The number of carbonyl (C=O) groups excluding carboxylic acids is 2. The second kappa shape index (κ2) is 11.7. The Balaban J connectivity index is 1.49. The zero-order valence-corrected chi connectivity index (χ0v) is 20.8. The summed E-state index contributed by atoms with van der Waals surface area (Å²) >= 11 is 0. The van der Waals surface area contributed by atoms with E-state index < -0.39 is 16.2 Å². The van der Waals surface area contributed by atoms with Crippen molar-refractivity contribution >= 4 is 21.9 Å². The maximum atomic E-state index is 12.7. The highest BCUT2D eigenvalue weighted by Crippen LogP contribution is 2.21. The van der Waals surface area contributed by atoms with Gasteiger partial charge in [0.15, 0.2) is 6.10 Å². The molecule has 2 fully saturated rings. The van der Waals surface area contributed by atoms with Gasteiger partial charge in [-0.2, -0.15) is 8.42 Å². The molecule has 0 bridgehead atoms. The predicted octanol–water partition coefficient (Wildman–Crippen LogP) is 1.70. The summed E-state index contributed by atoms with van der Waals surface area (Å²) in [5.41, 5.74) is 2.15. The number of carbonyl (C=O) groups is 2. The Kier molecular flexibility index (Phi) is 8.38. The minimum Gasteiger partial charge on any atom is -0.378 e. The lowest BCUT2D eigenvalue weighted by Gasteiger charge is -2.27. The highest BCUT2D eigenvalue weighted by molar-refractivity contribution is 7.86. The van der Waals surface area contributed by atoms with E-state index in [2.05, 4.69) is 11.8 Å². The fraction of sp³-hybridized carbons (Fsp3) is 0.385. The number of hydrogen-bond donors (Lipinski definition) is 0. The minimum atomic E-state index is -3.80. The summed E-state index contributed by atoms with van der Waals surface area (Å²) in [6.07, 6.45) is -0.0912. The monoisotopic (exact) mass is 512 g/mol. The lowest BCUT2D eigenvalue weighted by atomic mass is 10.1. The van der Waals surface area contributed by atoms with Gasteiger partial charge in [-0.1, -0.05) is 24.0 Å². The van der Waals surface area contributed by atoms with Crippen LogP contribution in [0.15, 0.2) is 48.5 Å². The van der Waals surface area contributed by atoms with Crippen LogP contribution in [0.4, 0.5) is 0 Å². The molecule has 0 aromatic heterocycles. The number of morpholine rings is 2. The normalized spacial score (nSPS) is 17.1. The van der Waals surface area contributed by atoms with E-state index in [0.717, 1.165) is 6.26 Å². The van der Waals surface area contributed by atoms with Crippen molar-refractivity contribution in [3.05, 3.63) is 70.8 Å². The third-order valence-electron chi connectivity index (χ3n) is 5.81. The van der Waals surface area contributed by atoms with Crippen LogP contribution in [-0.2, 0) is 23.8 Å². The molecule has 4 rings (SSSR count). The van der Waals surface area contributed by atoms with Crippen molar-refractivity contribution in [1.29, 1.82) is 0 Å². The Bertz CT molecular complexity index is 1240. The van der Waals surface area contributed by atoms with Gasteiger partial charge in [0.2, 0.25) is 0 Å². The third-order valence-corrected chi connectivity index (χ3v) is 6.35. The van der Waals surface area contributed by atoms with E-state index in [1.165, 1.54) is 0 Å². The Hall–Kier alpha value is -3.23. The molecule has 2 heterocycles. The highest BCUT2D eigenvalue weighted by atomic mass is 32.2. The van der Waals surface area contributed by atoms with Crippen LogP contribution in [0.2, 0.25) is 0 Å². The first kappa shape index (κ1) is 25.9. The molecule has 2 amide bonds. The highest BCUT2D eigenvalue weighted by Gasteiger charge is 2.21. The lowest BCUT2D eigenvalue weighted by molar-refractivity contribution is 0.0301. The molecule has 2 saturated heterocycles. The van der Waals surface area contributed by atoms with Crippen molar-refractivity contribution in [3.8, 4) is 11.8 Å². The summed E-state index contributed by atoms with van der Waals surface area (Å²) in [6.45, 7) is 4.24. The molecular weight excluding hydrogens is 484 g/mol. The van der Waals surface area contributed by atoms with E-state index in [1.54, 1.807) is 58.3 Å². The van der Waals surface area contributed by atoms with Gasteiger partial charge in [0.25, 0.3) is 21.9 Å². The van der Waals surface area contributed by atoms with E-state index in [9.17, 15) is 18.0 Å². The van der Waals surface area contributed by atoms with Crippen molar-refractivity contribution < 1.29 is 31.7 Å². The smallest absolute Gasteiger partial charge is 0.265 e. The summed E-state index contributed by atoms with van der Waals surface area (Å²) in [7, 11) is -3.80. The Labute approximate surface area is 211 Å². The molecule has 0 saturated carbocycles. The average molecular weight is 513 g/mol. The summed E-state index contributed by atoms with van der Waals surface area (Å²) in [5, 5.41) is 0. The number of rotatable bonds is 5. The molecular formula is C26H28N2O7S.